The monoisotopic (exact) mass is 555 g/mol. The molecule has 4 rings (SSSR count). The van der Waals surface area contributed by atoms with E-state index in [9.17, 15) is 0 Å². The predicted molar refractivity (Wildman–Crippen MR) is 149 cm³/mol. The maximum absolute atomic E-state index is 4.73. The Balaban J connectivity index is 0.000000968. The molecule has 0 radical (unpaired) electrons. The molecule has 0 aliphatic carbocycles. The van der Waals surface area contributed by atoms with Crippen LogP contribution in [0, 0.1) is 0 Å². The summed E-state index contributed by atoms with van der Waals surface area (Å²) in [5, 5.41) is 5.87. The van der Waals surface area contributed by atoms with E-state index in [0.717, 1.165) is 0 Å². The van der Waals surface area contributed by atoms with Gasteiger partial charge in [0.15, 0.2) is 0 Å². The van der Waals surface area contributed by atoms with Gasteiger partial charge in [-0.05, 0) is 48.4 Å². The van der Waals surface area contributed by atoms with Crippen LogP contribution in [0.25, 0.3) is 0 Å². The molecule has 0 unspecified atom stereocenters. The van der Waals surface area contributed by atoms with Gasteiger partial charge in [-0.15, -0.1) is 0 Å². The molecule has 2 atom stereocenters. The second-order valence-corrected chi connectivity index (χ2v) is 14.5. The molecule has 0 fully saturated rings. The van der Waals surface area contributed by atoms with E-state index < -0.39 is 15.8 Å². The van der Waals surface area contributed by atoms with Gasteiger partial charge in [0.2, 0.25) is 0 Å². The van der Waals surface area contributed by atoms with E-state index in [-0.39, 0.29) is 0 Å². The molecule has 0 aliphatic heterocycles. The number of hydrogen-bond acceptors (Lipinski definition) is 0. The molecule has 0 aliphatic rings. The third-order valence-electron chi connectivity index (χ3n) is 5.65. The van der Waals surface area contributed by atoms with Gasteiger partial charge in [-0.25, -0.2) is 0 Å². The second-order valence-electron chi connectivity index (χ2n) is 7.61. The van der Waals surface area contributed by atoms with Gasteiger partial charge in [-0.1, -0.05) is 135 Å². The van der Waals surface area contributed by atoms with Crippen LogP contribution in [0.15, 0.2) is 121 Å². The van der Waals surface area contributed by atoms with Crippen molar-refractivity contribution in [1.29, 1.82) is 0 Å². The van der Waals surface area contributed by atoms with Gasteiger partial charge in [-0.2, -0.15) is 0 Å². The summed E-state index contributed by atoms with van der Waals surface area (Å²) in [6, 6.07) is 44.5. The van der Waals surface area contributed by atoms with Crippen molar-refractivity contribution >= 4 is 57.4 Å². The van der Waals surface area contributed by atoms with E-state index in [1.165, 1.54) is 21.2 Å². The van der Waals surface area contributed by atoms with Gasteiger partial charge >= 0.3 is 33.2 Å². The summed E-state index contributed by atoms with van der Waals surface area (Å²) in [5.41, 5.74) is 1.10. The first-order chi connectivity index (χ1) is 16.2. The summed E-state index contributed by atoms with van der Waals surface area (Å²) in [6.45, 7) is 4.94. The summed E-state index contributed by atoms with van der Waals surface area (Å²) >= 11 is 0.382. The van der Waals surface area contributed by atoms with Crippen molar-refractivity contribution in [2.75, 3.05) is 0 Å². The molecule has 4 aromatic carbocycles. The Kier molecular flexibility index (Phi) is 11.4. The van der Waals surface area contributed by atoms with Crippen LogP contribution >= 0.6 is 36.1 Å². The van der Waals surface area contributed by atoms with Gasteiger partial charge < -0.3 is 0 Å². The average molecular weight is 556 g/mol. The maximum atomic E-state index is 4.73. The zero-order chi connectivity index (χ0) is 23.5. The first-order valence-corrected chi connectivity index (χ1v) is 16.5. The molecule has 173 valence electrons. The standard InChI is InChI=1S/C28H28P2.2ClH.Co/c1-23(29(25-15-7-3-8-16-25)26-17-9-4-10-18-26)24(2)30(27-19-11-5-12-20-27)28-21-13-6-14-22-28;;;/h3-24H,1-2H3;2*1H;/q;;;+2/p-2/t23-,24-;;;/m0.../s1. The fraction of sp³-hybridized carbons (Fsp3) is 0.143. The van der Waals surface area contributed by atoms with E-state index in [4.69, 9.17) is 20.3 Å². The predicted octanol–water partition coefficient (Wildman–Crippen LogP) is 7.41. The number of hydrogen-bond donors (Lipinski definition) is 0. The SMILES string of the molecule is C[C@@H]([C@H](C)P(c1ccccc1)c1ccccc1)P(c1ccccc1)c1ccccc1.[Cl][Co][Cl]. The molecule has 4 aromatic rings. The fourth-order valence-corrected chi connectivity index (χ4v) is 10.1. The van der Waals surface area contributed by atoms with Crippen LogP contribution in [0.3, 0.4) is 0 Å². The zero-order valence-electron chi connectivity index (χ0n) is 18.7. The summed E-state index contributed by atoms with van der Waals surface area (Å²) < 4.78 is 0. The summed E-state index contributed by atoms with van der Waals surface area (Å²) in [7, 11) is 8.57. The van der Waals surface area contributed by atoms with Crippen LogP contribution in [0.4, 0.5) is 0 Å². The number of rotatable bonds is 7. The third kappa shape index (κ3) is 7.40. The van der Waals surface area contributed by atoms with Crippen LogP contribution in [-0.2, 0) is 12.9 Å². The zero-order valence-corrected chi connectivity index (χ0v) is 23.0. The fourth-order valence-electron chi connectivity index (χ4n) is 4.02. The topological polar surface area (TPSA) is 0 Å². The van der Waals surface area contributed by atoms with Gasteiger partial charge in [0.05, 0.1) is 0 Å². The average Bonchev–Trinajstić information content (AvgIpc) is 2.87. The van der Waals surface area contributed by atoms with Crippen molar-refractivity contribution in [2.24, 2.45) is 0 Å². The minimum atomic E-state index is -0.448. The molecule has 0 nitrogen and oxygen atoms in total. The first kappa shape index (κ1) is 26.4. The van der Waals surface area contributed by atoms with Crippen molar-refractivity contribution in [2.45, 2.75) is 25.2 Å². The van der Waals surface area contributed by atoms with E-state index in [0.29, 0.717) is 24.2 Å². The molecule has 0 amide bonds. The Bertz CT molecular complexity index is 884. The van der Waals surface area contributed by atoms with E-state index in [1.807, 2.05) is 0 Å². The van der Waals surface area contributed by atoms with Gasteiger partial charge in [0.25, 0.3) is 0 Å². The Morgan fingerprint density at radius 1 is 0.455 bits per heavy atom. The molecule has 0 saturated heterocycles. The van der Waals surface area contributed by atoms with Crippen LogP contribution in [0.2, 0.25) is 0 Å². The van der Waals surface area contributed by atoms with Crippen molar-refractivity contribution in [3.8, 4) is 0 Å². The quantitative estimate of drug-likeness (QED) is 0.208. The van der Waals surface area contributed by atoms with Crippen molar-refractivity contribution in [3.05, 3.63) is 121 Å². The number of benzene rings is 4. The molecule has 0 saturated carbocycles. The minimum absolute atomic E-state index is 0.382. The van der Waals surface area contributed by atoms with E-state index in [1.54, 1.807) is 0 Å². The van der Waals surface area contributed by atoms with Crippen molar-refractivity contribution < 1.29 is 12.9 Å². The van der Waals surface area contributed by atoms with Gasteiger partial charge in [0.1, 0.15) is 0 Å². The van der Waals surface area contributed by atoms with Gasteiger partial charge in [0, 0.05) is 0 Å². The van der Waals surface area contributed by atoms with Crippen molar-refractivity contribution in [3.63, 3.8) is 0 Å². The number of halogens is 2. The molecule has 0 spiro atoms. The van der Waals surface area contributed by atoms with Crippen molar-refractivity contribution in [1.82, 2.24) is 0 Å². The second kappa shape index (κ2) is 14.3. The molecular weight excluding hydrogens is 528 g/mol. The van der Waals surface area contributed by atoms with E-state index >= 15 is 0 Å². The third-order valence-corrected chi connectivity index (χ3v) is 11.8. The van der Waals surface area contributed by atoms with Gasteiger partial charge in [-0.3, -0.25) is 0 Å². The summed E-state index contributed by atoms with van der Waals surface area (Å²) in [5.74, 6) is 0. The summed E-state index contributed by atoms with van der Waals surface area (Å²) in [6.07, 6.45) is 0. The normalized spacial score (nSPS) is 12.8. The van der Waals surface area contributed by atoms with Crippen LogP contribution in [-0.4, -0.2) is 11.3 Å². The molecule has 0 aromatic heterocycles. The Hall–Kier alpha value is -1.17. The Morgan fingerprint density at radius 3 is 0.818 bits per heavy atom. The van der Waals surface area contributed by atoms with Crippen LogP contribution < -0.4 is 21.2 Å². The molecule has 0 N–H and O–H groups in total. The Morgan fingerprint density at radius 2 is 0.636 bits per heavy atom. The van der Waals surface area contributed by atoms with E-state index in [2.05, 4.69) is 135 Å². The molecule has 0 heterocycles. The first-order valence-electron chi connectivity index (χ1n) is 10.8. The molecule has 33 heavy (non-hydrogen) atoms. The molecule has 5 heteroatoms. The van der Waals surface area contributed by atoms with Crippen LogP contribution in [0.1, 0.15) is 13.8 Å². The molecular formula is C28H28Cl2CoP2. The Labute approximate surface area is 215 Å². The summed E-state index contributed by atoms with van der Waals surface area (Å²) in [4.78, 5) is 0. The molecule has 0 bridgehead atoms. The van der Waals surface area contributed by atoms with Crippen LogP contribution in [0.5, 0.6) is 0 Å².